The van der Waals surface area contributed by atoms with E-state index in [0.717, 1.165) is 12.2 Å². The number of ether oxygens (including phenoxy) is 1. The highest BCUT2D eigenvalue weighted by Gasteiger charge is 2.15. The Kier molecular flexibility index (Phi) is 8.77. The molecule has 2 aromatic heterocycles. The molecule has 0 aliphatic rings. The van der Waals surface area contributed by atoms with Crippen LogP contribution in [0.3, 0.4) is 0 Å². The molecule has 0 saturated heterocycles. The first-order valence-electron chi connectivity index (χ1n) is 11.4. The van der Waals surface area contributed by atoms with Crippen LogP contribution in [0.15, 0.2) is 46.5 Å². The van der Waals surface area contributed by atoms with Crippen molar-refractivity contribution < 1.29 is 9.53 Å². The predicted octanol–water partition coefficient (Wildman–Crippen LogP) is 4.43. The number of nitriles is 1. The summed E-state index contributed by atoms with van der Waals surface area (Å²) in [6.07, 6.45) is 3.93. The summed E-state index contributed by atoms with van der Waals surface area (Å²) in [5.74, 6) is 1.30. The molecule has 0 aliphatic heterocycles. The Morgan fingerprint density at radius 1 is 1.26 bits per heavy atom. The number of rotatable bonds is 11. The van der Waals surface area contributed by atoms with E-state index in [0.29, 0.717) is 60.0 Å². The second kappa shape index (κ2) is 11.7. The van der Waals surface area contributed by atoms with Gasteiger partial charge in [-0.25, -0.2) is 4.98 Å². The molecule has 9 heteroatoms. The van der Waals surface area contributed by atoms with E-state index >= 15 is 0 Å². The number of hydrogen-bond acceptors (Lipinski definition) is 6. The number of amides is 1. The molecule has 8 nitrogen and oxygen atoms in total. The van der Waals surface area contributed by atoms with Crippen LogP contribution in [0.5, 0.6) is 5.75 Å². The first kappa shape index (κ1) is 25.4. The van der Waals surface area contributed by atoms with Crippen LogP contribution in [0.25, 0.3) is 16.7 Å². The predicted molar refractivity (Wildman–Crippen MR) is 134 cm³/mol. The number of benzene rings is 1. The van der Waals surface area contributed by atoms with Crippen molar-refractivity contribution in [2.24, 2.45) is 5.41 Å². The summed E-state index contributed by atoms with van der Waals surface area (Å²) in [6.45, 7) is 7.52. The molecule has 0 atom stereocenters. The normalized spacial score (nSPS) is 11.4. The van der Waals surface area contributed by atoms with Crippen molar-refractivity contribution in [2.45, 2.75) is 51.6 Å². The van der Waals surface area contributed by atoms with E-state index < -0.39 is 0 Å². The molecule has 0 aliphatic carbocycles. The molecule has 3 rings (SSSR count). The second-order valence-electron chi connectivity index (χ2n) is 9.14. The highest BCUT2D eigenvalue weighted by atomic mass is 32.2. The number of H-pyrrole nitrogens is 1. The first-order valence-corrected chi connectivity index (χ1v) is 12.4. The zero-order chi connectivity index (χ0) is 24.6. The lowest BCUT2D eigenvalue weighted by molar-refractivity contribution is -0.121. The Morgan fingerprint density at radius 3 is 2.74 bits per heavy atom. The fourth-order valence-corrected chi connectivity index (χ4v) is 4.16. The van der Waals surface area contributed by atoms with Gasteiger partial charge in [0.05, 0.1) is 30.3 Å². The molecular formula is C25H31N5O3S. The largest absolute Gasteiger partial charge is 0.494 e. The first-order chi connectivity index (χ1) is 16.3. The number of nitrogens with one attached hydrogen (secondary N) is 2. The Hall–Kier alpha value is -3.25. The van der Waals surface area contributed by atoms with Crippen LogP contribution in [0.2, 0.25) is 0 Å². The van der Waals surface area contributed by atoms with Crippen molar-refractivity contribution >= 4 is 28.7 Å². The van der Waals surface area contributed by atoms with E-state index in [1.165, 1.54) is 11.8 Å². The van der Waals surface area contributed by atoms with E-state index in [-0.39, 0.29) is 16.9 Å². The van der Waals surface area contributed by atoms with Crippen LogP contribution in [0.1, 0.15) is 46.5 Å². The van der Waals surface area contributed by atoms with Gasteiger partial charge in [-0.2, -0.15) is 5.26 Å². The molecule has 0 radical (unpaired) electrons. The van der Waals surface area contributed by atoms with Gasteiger partial charge in [-0.1, -0.05) is 32.5 Å². The highest BCUT2D eigenvalue weighted by Crippen LogP contribution is 2.24. The zero-order valence-corrected chi connectivity index (χ0v) is 20.7. The van der Waals surface area contributed by atoms with Gasteiger partial charge in [0.25, 0.3) is 5.56 Å². The van der Waals surface area contributed by atoms with Gasteiger partial charge in [0.1, 0.15) is 11.3 Å². The third-order valence-corrected chi connectivity index (χ3v) is 6.13. The molecule has 34 heavy (non-hydrogen) atoms. The minimum absolute atomic E-state index is 0.0793. The van der Waals surface area contributed by atoms with Gasteiger partial charge in [-0.15, -0.1) is 0 Å². The molecule has 180 valence electrons. The number of carbonyl (C=O) groups excluding carboxylic acids is 1. The maximum atomic E-state index is 13.2. The molecule has 1 aromatic carbocycles. The smallest absolute Gasteiger partial charge is 0.283 e. The third kappa shape index (κ3) is 7.12. The van der Waals surface area contributed by atoms with Crippen LogP contribution in [0.4, 0.5) is 0 Å². The summed E-state index contributed by atoms with van der Waals surface area (Å²) >= 11 is 1.44. The average molecular weight is 482 g/mol. The molecule has 0 bridgehead atoms. The lowest BCUT2D eigenvalue weighted by atomic mass is 9.93. The molecule has 2 N–H and O–H groups in total. The monoisotopic (exact) mass is 481 g/mol. The summed E-state index contributed by atoms with van der Waals surface area (Å²) in [5.41, 5.74) is 1.79. The number of aromatic amines is 1. The molecular weight excluding hydrogens is 450 g/mol. The van der Waals surface area contributed by atoms with Crippen LogP contribution in [-0.2, 0) is 4.79 Å². The van der Waals surface area contributed by atoms with Crippen molar-refractivity contribution in [3.05, 3.63) is 46.9 Å². The second-order valence-corrected chi connectivity index (χ2v) is 10.2. The van der Waals surface area contributed by atoms with E-state index in [9.17, 15) is 9.59 Å². The summed E-state index contributed by atoms with van der Waals surface area (Å²) in [5, 5.41) is 11.8. The van der Waals surface area contributed by atoms with Gasteiger partial charge in [0.15, 0.2) is 5.16 Å². The Balaban J connectivity index is 1.72. The summed E-state index contributed by atoms with van der Waals surface area (Å²) in [4.78, 5) is 32.7. The van der Waals surface area contributed by atoms with Crippen molar-refractivity contribution in [2.75, 3.05) is 18.9 Å². The van der Waals surface area contributed by atoms with Crippen molar-refractivity contribution in [3.63, 3.8) is 0 Å². The number of hydrogen-bond donors (Lipinski definition) is 2. The van der Waals surface area contributed by atoms with E-state index in [1.54, 1.807) is 16.8 Å². The third-order valence-electron chi connectivity index (χ3n) is 5.10. The van der Waals surface area contributed by atoms with Gasteiger partial charge in [-0.05, 0) is 48.6 Å². The molecule has 0 saturated carbocycles. The summed E-state index contributed by atoms with van der Waals surface area (Å²) in [6, 6.07) is 11.2. The Morgan fingerprint density at radius 2 is 2.03 bits per heavy atom. The zero-order valence-electron chi connectivity index (χ0n) is 19.9. The molecule has 3 aromatic rings. The van der Waals surface area contributed by atoms with Crippen LogP contribution in [-0.4, -0.2) is 39.3 Å². The van der Waals surface area contributed by atoms with Gasteiger partial charge >= 0.3 is 0 Å². The SMILES string of the molecule is CC(C)(C)CCOc1ccc(-n2c(SCCCC(=O)NCCC#N)nc3cc[nH]c3c2=O)cc1. The summed E-state index contributed by atoms with van der Waals surface area (Å²) < 4.78 is 7.45. The number of carbonyl (C=O) groups is 1. The van der Waals surface area contributed by atoms with Crippen molar-refractivity contribution in [3.8, 4) is 17.5 Å². The minimum Gasteiger partial charge on any atom is -0.494 e. The van der Waals surface area contributed by atoms with E-state index in [1.807, 2.05) is 30.3 Å². The molecule has 2 heterocycles. The highest BCUT2D eigenvalue weighted by molar-refractivity contribution is 7.99. The summed E-state index contributed by atoms with van der Waals surface area (Å²) in [7, 11) is 0. The van der Waals surface area contributed by atoms with Crippen LogP contribution in [0, 0.1) is 16.7 Å². The molecule has 0 spiro atoms. The van der Waals surface area contributed by atoms with Gasteiger partial charge < -0.3 is 15.0 Å². The molecule has 0 unspecified atom stereocenters. The van der Waals surface area contributed by atoms with Gasteiger partial charge in [-0.3, -0.25) is 14.2 Å². The van der Waals surface area contributed by atoms with Crippen molar-refractivity contribution in [1.29, 1.82) is 5.26 Å². The maximum absolute atomic E-state index is 13.2. The Labute approximate surface area is 203 Å². The van der Waals surface area contributed by atoms with E-state index in [4.69, 9.17) is 10.00 Å². The topological polar surface area (TPSA) is 113 Å². The van der Waals surface area contributed by atoms with Gasteiger partial charge in [0.2, 0.25) is 5.91 Å². The lowest BCUT2D eigenvalue weighted by Gasteiger charge is -2.18. The van der Waals surface area contributed by atoms with E-state index in [2.05, 4.69) is 36.1 Å². The minimum atomic E-state index is -0.173. The number of nitrogens with zero attached hydrogens (tertiary/aromatic N) is 3. The van der Waals surface area contributed by atoms with Crippen LogP contribution < -0.4 is 15.6 Å². The Bertz CT molecular complexity index is 1200. The fourth-order valence-electron chi connectivity index (χ4n) is 3.21. The molecule has 0 fully saturated rings. The quantitative estimate of drug-likeness (QED) is 0.238. The number of fused-ring (bicyclic) bond motifs is 1. The lowest BCUT2D eigenvalue weighted by Crippen LogP contribution is -2.24. The number of thioether (sulfide) groups is 1. The maximum Gasteiger partial charge on any atom is 0.283 e. The fraction of sp³-hybridized carbons (Fsp3) is 0.440. The average Bonchev–Trinajstić information content (AvgIpc) is 3.26. The van der Waals surface area contributed by atoms with Gasteiger partial charge in [0, 0.05) is 24.9 Å². The van der Waals surface area contributed by atoms with Crippen molar-refractivity contribution in [1.82, 2.24) is 19.9 Å². The molecule has 1 amide bonds. The van der Waals surface area contributed by atoms with Crippen LogP contribution >= 0.6 is 11.8 Å². The standard InChI is InChI=1S/C25H31N5O3S/c1-25(2,3)12-16-33-19-9-7-18(8-10-19)30-23(32)22-20(11-15-28-22)29-24(30)34-17-4-6-21(31)27-14-5-13-26/h7-11,15,28H,4-6,12,14,16-17H2,1-3H3,(H,27,31). The number of aromatic nitrogens is 3.